The Morgan fingerprint density at radius 1 is 1.40 bits per heavy atom. The Morgan fingerprint density at radius 2 is 2.27 bits per heavy atom. The van der Waals surface area contributed by atoms with Crippen LogP contribution < -0.4 is 14.8 Å². The van der Waals surface area contributed by atoms with Gasteiger partial charge >= 0.3 is 0 Å². The SMILES string of the molecule is [2H]C1N=C([C@H]2COc3ccccc3O2)NC1([2H])[2H]. The van der Waals surface area contributed by atoms with E-state index in [-0.39, 0.29) is 6.61 Å². The second-order valence-corrected chi connectivity index (χ2v) is 3.28. The molecule has 78 valence electrons. The van der Waals surface area contributed by atoms with Gasteiger partial charge in [-0.3, -0.25) is 4.99 Å². The van der Waals surface area contributed by atoms with E-state index < -0.39 is 19.1 Å². The average Bonchev–Trinajstić information content (AvgIpc) is 2.63. The zero-order chi connectivity index (χ0) is 12.8. The minimum absolute atomic E-state index is 0.256. The third-order valence-corrected chi connectivity index (χ3v) is 2.28. The van der Waals surface area contributed by atoms with Crippen LogP contribution in [-0.4, -0.2) is 31.6 Å². The number of rotatable bonds is 1. The molecule has 1 aromatic carbocycles. The molecule has 1 aromatic rings. The number of amidine groups is 1. The van der Waals surface area contributed by atoms with Gasteiger partial charge in [0.2, 0.25) is 0 Å². The van der Waals surface area contributed by atoms with Gasteiger partial charge in [0.25, 0.3) is 0 Å². The van der Waals surface area contributed by atoms with Crippen molar-refractivity contribution in [2.75, 3.05) is 19.6 Å². The van der Waals surface area contributed by atoms with E-state index in [2.05, 4.69) is 10.3 Å². The first-order valence-corrected chi connectivity index (χ1v) is 4.73. The van der Waals surface area contributed by atoms with Crippen molar-refractivity contribution in [3.8, 4) is 11.5 Å². The van der Waals surface area contributed by atoms with Crippen molar-refractivity contribution in [1.82, 2.24) is 5.32 Å². The molecule has 4 heteroatoms. The Kier molecular flexibility index (Phi) is 1.38. The minimum atomic E-state index is -1.85. The maximum absolute atomic E-state index is 7.54. The van der Waals surface area contributed by atoms with Crippen LogP contribution in [-0.2, 0) is 0 Å². The van der Waals surface area contributed by atoms with Gasteiger partial charge in [0.05, 0.1) is 10.6 Å². The summed E-state index contributed by atoms with van der Waals surface area (Å²) in [5.41, 5.74) is 0. The largest absolute Gasteiger partial charge is 0.485 e. The van der Waals surface area contributed by atoms with Crippen LogP contribution in [0.25, 0.3) is 0 Å². The first-order valence-electron chi connectivity index (χ1n) is 6.30. The molecule has 2 aliphatic heterocycles. The highest BCUT2D eigenvalue weighted by Crippen LogP contribution is 2.31. The van der Waals surface area contributed by atoms with E-state index in [1.54, 1.807) is 6.07 Å². The molecule has 4 nitrogen and oxygen atoms in total. The van der Waals surface area contributed by atoms with Gasteiger partial charge in [0.1, 0.15) is 12.4 Å². The second kappa shape index (κ2) is 3.46. The van der Waals surface area contributed by atoms with Crippen LogP contribution in [0.15, 0.2) is 29.3 Å². The molecule has 0 aromatic heterocycles. The highest BCUT2D eigenvalue weighted by molar-refractivity contribution is 5.88. The van der Waals surface area contributed by atoms with Crippen LogP contribution in [0.4, 0.5) is 0 Å². The van der Waals surface area contributed by atoms with Crippen molar-refractivity contribution < 1.29 is 13.6 Å². The molecule has 0 amide bonds. The Hall–Kier alpha value is -1.71. The topological polar surface area (TPSA) is 42.9 Å². The molecule has 0 fully saturated rings. The van der Waals surface area contributed by atoms with Crippen molar-refractivity contribution in [2.45, 2.75) is 6.10 Å². The molecule has 1 unspecified atom stereocenters. The standard InChI is InChI=1S/C11H12N2O2/c1-2-4-9-8(3-1)14-7-10(15-9)11-12-5-6-13-11/h1-4,10H,5-7H2,(H,12,13)/t10-/m1/s1/i5D,6D2/t5?,10-. The molecular formula is C11H12N2O2. The van der Waals surface area contributed by atoms with Gasteiger partial charge in [-0.05, 0) is 12.1 Å². The minimum Gasteiger partial charge on any atom is -0.485 e. The van der Waals surface area contributed by atoms with E-state index in [9.17, 15) is 0 Å². The van der Waals surface area contributed by atoms with E-state index in [4.69, 9.17) is 13.6 Å². The highest BCUT2D eigenvalue weighted by atomic mass is 16.6. The van der Waals surface area contributed by atoms with E-state index in [0.29, 0.717) is 17.3 Å². The monoisotopic (exact) mass is 207 g/mol. The lowest BCUT2D eigenvalue weighted by molar-refractivity contribution is 0.133. The maximum atomic E-state index is 7.54. The van der Waals surface area contributed by atoms with Crippen molar-refractivity contribution in [2.24, 2.45) is 4.99 Å². The average molecular weight is 207 g/mol. The summed E-state index contributed by atoms with van der Waals surface area (Å²) in [6.07, 6.45) is -0.495. The van der Waals surface area contributed by atoms with Gasteiger partial charge in [0, 0.05) is 6.50 Å². The molecule has 0 radical (unpaired) electrons. The summed E-state index contributed by atoms with van der Waals surface area (Å²) in [5.74, 6) is 1.60. The number of aliphatic imine (C=N–C) groups is 1. The van der Waals surface area contributed by atoms with Gasteiger partial charge in [-0.25, -0.2) is 0 Å². The Labute approximate surface area is 92.1 Å². The summed E-state index contributed by atoms with van der Waals surface area (Å²) in [6, 6.07) is 7.28. The third kappa shape index (κ3) is 1.52. The first-order chi connectivity index (χ1) is 8.56. The summed E-state index contributed by atoms with van der Waals surface area (Å²) in [7, 11) is 0. The molecule has 2 atom stereocenters. The van der Waals surface area contributed by atoms with E-state index >= 15 is 0 Å². The normalized spacial score (nSPS) is 34.4. The summed E-state index contributed by atoms with van der Waals surface area (Å²) < 4.78 is 33.8. The molecule has 15 heavy (non-hydrogen) atoms. The number of fused-ring (bicyclic) bond motifs is 1. The smallest absolute Gasteiger partial charge is 0.189 e. The second-order valence-electron chi connectivity index (χ2n) is 3.28. The van der Waals surface area contributed by atoms with Crippen molar-refractivity contribution >= 4 is 5.84 Å². The number of benzene rings is 1. The molecule has 0 bridgehead atoms. The first kappa shape index (κ1) is 6.00. The van der Waals surface area contributed by atoms with Gasteiger partial charge in [-0.1, -0.05) is 12.1 Å². The van der Waals surface area contributed by atoms with Crippen LogP contribution in [0.3, 0.4) is 0 Å². The van der Waals surface area contributed by atoms with Crippen molar-refractivity contribution in [3.63, 3.8) is 0 Å². The number of para-hydroxylation sites is 2. The molecule has 1 N–H and O–H groups in total. The Bertz CT molecular complexity index is 507. The number of hydrogen-bond donors (Lipinski definition) is 1. The fourth-order valence-electron chi connectivity index (χ4n) is 1.56. The van der Waals surface area contributed by atoms with E-state index in [1.165, 1.54) is 0 Å². The molecule has 0 spiro atoms. The maximum Gasteiger partial charge on any atom is 0.189 e. The fraction of sp³-hybridized carbons (Fsp3) is 0.364. The molecule has 2 aliphatic rings. The fourth-order valence-corrected chi connectivity index (χ4v) is 1.56. The zero-order valence-corrected chi connectivity index (χ0v) is 7.93. The number of nitrogens with one attached hydrogen (secondary N) is 1. The van der Waals surface area contributed by atoms with Gasteiger partial charge in [-0.2, -0.15) is 0 Å². The van der Waals surface area contributed by atoms with Crippen LogP contribution in [0.1, 0.15) is 4.11 Å². The molecule has 0 aliphatic carbocycles. The van der Waals surface area contributed by atoms with Gasteiger partial charge < -0.3 is 14.8 Å². The molecule has 2 heterocycles. The van der Waals surface area contributed by atoms with E-state index in [0.717, 1.165) is 0 Å². The number of ether oxygens (including phenoxy) is 2. The summed E-state index contributed by atoms with van der Waals surface area (Å²) >= 11 is 0. The lowest BCUT2D eigenvalue weighted by atomic mass is 10.2. The van der Waals surface area contributed by atoms with Crippen LogP contribution in [0, 0.1) is 0 Å². The number of nitrogens with zero attached hydrogens (tertiary/aromatic N) is 1. The number of hydrogen-bond acceptors (Lipinski definition) is 4. The third-order valence-electron chi connectivity index (χ3n) is 2.28. The quantitative estimate of drug-likeness (QED) is 0.741. The Morgan fingerprint density at radius 3 is 3.07 bits per heavy atom. The molecule has 0 saturated carbocycles. The lowest BCUT2D eigenvalue weighted by Gasteiger charge is -2.26. The predicted molar refractivity (Wildman–Crippen MR) is 56.7 cm³/mol. The zero-order valence-electron chi connectivity index (χ0n) is 10.9. The van der Waals surface area contributed by atoms with Crippen molar-refractivity contribution in [3.05, 3.63) is 24.3 Å². The highest BCUT2D eigenvalue weighted by Gasteiger charge is 2.26. The lowest BCUT2D eigenvalue weighted by Crippen LogP contribution is -2.42. The molecule has 3 rings (SSSR count). The summed E-state index contributed by atoms with van der Waals surface area (Å²) in [6.45, 7) is -2.77. The van der Waals surface area contributed by atoms with Gasteiger partial charge in [-0.15, -0.1) is 0 Å². The summed E-state index contributed by atoms with van der Waals surface area (Å²) in [4.78, 5) is 3.93. The van der Waals surface area contributed by atoms with Crippen LogP contribution in [0.2, 0.25) is 0 Å². The summed E-state index contributed by atoms with van der Waals surface area (Å²) in [5, 5.41) is 2.57. The van der Waals surface area contributed by atoms with Gasteiger partial charge in [0.15, 0.2) is 17.6 Å². The van der Waals surface area contributed by atoms with E-state index in [1.807, 2.05) is 18.2 Å². The van der Waals surface area contributed by atoms with Crippen LogP contribution in [0.5, 0.6) is 11.5 Å². The molecular weight excluding hydrogens is 192 g/mol. The van der Waals surface area contributed by atoms with Crippen LogP contribution >= 0.6 is 0 Å². The Balaban J connectivity index is 1.80. The predicted octanol–water partition coefficient (Wildman–Crippen LogP) is 0.828. The molecule has 0 saturated heterocycles. The van der Waals surface area contributed by atoms with Crippen molar-refractivity contribution in [1.29, 1.82) is 0 Å².